The number of rotatable bonds is 3. The second kappa shape index (κ2) is 5.40. The van der Waals surface area contributed by atoms with Crippen LogP contribution in [0.1, 0.15) is 23.5 Å². The molecule has 2 rings (SSSR count). The van der Waals surface area contributed by atoms with Gasteiger partial charge in [0.05, 0.1) is 14.2 Å². The molecule has 1 aliphatic carbocycles. The number of aryl methyl sites for hydroxylation is 1. The van der Waals surface area contributed by atoms with Crippen molar-refractivity contribution in [2.45, 2.75) is 24.8 Å². The summed E-state index contributed by atoms with van der Waals surface area (Å²) in [6.07, 6.45) is 1.88. The van der Waals surface area contributed by atoms with E-state index in [1.54, 1.807) is 7.11 Å². The quantitative estimate of drug-likeness (QED) is 0.824. The van der Waals surface area contributed by atoms with Gasteiger partial charge in [0.15, 0.2) is 0 Å². The Balaban J connectivity index is 2.52. The van der Waals surface area contributed by atoms with Crippen molar-refractivity contribution in [3.05, 3.63) is 29.3 Å². The largest absolute Gasteiger partial charge is 0.496 e. The molecular weight excluding hydrogens is 230 g/mol. The minimum absolute atomic E-state index is 0.0984. The van der Waals surface area contributed by atoms with E-state index in [9.17, 15) is 4.79 Å². The van der Waals surface area contributed by atoms with E-state index in [2.05, 4.69) is 11.4 Å². The van der Waals surface area contributed by atoms with Crippen molar-refractivity contribution in [3.63, 3.8) is 0 Å². The molecule has 0 aromatic heterocycles. The first kappa shape index (κ1) is 12.9. The van der Waals surface area contributed by atoms with Gasteiger partial charge in [-0.2, -0.15) is 0 Å². The summed E-state index contributed by atoms with van der Waals surface area (Å²) >= 11 is 0. The van der Waals surface area contributed by atoms with Gasteiger partial charge in [-0.25, -0.2) is 0 Å². The summed E-state index contributed by atoms with van der Waals surface area (Å²) in [4.78, 5) is 12.0. The van der Waals surface area contributed by atoms with E-state index in [0.717, 1.165) is 24.2 Å². The predicted octanol–water partition coefficient (Wildman–Crippen LogP) is 1.49. The number of hydrogen-bond acceptors (Lipinski definition) is 4. The summed E-state index contributed by atoms with van der Waals surface area (Å²) in [7, 11) is 4.94. The lowest BCUT2D eigenvalue weighted by Gasteiger charge is -2.32. The Morgan fingerprint density at radius 1 is 1.39 bits per heavy atom. The fraction of sp³-hybridized carbons (Fsp3) is 0.500. The van der Waals surface area contributed by atoms with Crippen LogP contribution in [0.3, 0.4) is 0 Å². The minimum Gasteiger partial charge on any atom is -0.496 e. The zero-order chi connectivity index (χ0) is 13.1. The second-order valence-corrected chi connectivity index (χ2v) is 4.47. The molecule has 1 aromatic rings. The Bertz CT molecular complexity index is 430. The molecule has 0 spiro atoms. The van der Waals surface area contributed by atoms with Crippen molar-refractivity contribution in [3.8, 4) is 5.75 Å². The molecule has 98 valence electrons. The van der Waals surface area contributed by atoms with Gasteiger partial charge in [0.1, 0.15) is 11.7 Å². The molecule has 1 N–H and O–H groups in total. The van der Waals surface area contributed by atoms with Gasteiger partial charge in [-0.15, -0.1) is 0 Å². The van der Waals surface area contributed by atoms with Crippen molar-refractivity contribution < 1.29 is 14.3 Å². The number of carbonyl (C=O) groups excluding carboxylic acids is 1. The van der Waals surface area contributed by atoms with Crippen LogP contribution >= 0.6 is 0 Å². The van der Waals surface area contributed by atoms with E-state index in [-0.39, 0.29) is 17.9 Å². The van der Waals surface area contributed by atoms with Crippen LogP contribution in [0.5, 0.6) is 5.75 Å². The van der Waals surface area contributed by atoms with Gasteiger partial charge >= 0.3 is 5.97 Å². The predicted molar refractivity (Wildman–Crippen MR) is 68.9 cm³/mol. The van der Waals surface area contributed by atoms with Gasteiger partial charge in [0.25, 0.3) is 0 Å². The summed E-state index contributed by atoms with van der Waals surface area (Å²) in [5.74, 6) is 0.266. The molecule has 1 aliphatic rings. The molecule has 2 unspecified atom stereocenters. The van der Waals surface area contributed by atoms with Gasteiger partial charge in [0, 0.05) is 11.6 Å². The van der Waals surface area contributed by atoms with E-state index in [4.69, 9.17) is 9.47 Å². The van der Waals surface area contributed by atoms with Crippen LogP contribution in [0, 0.1) is 0 Å². The molecular formula is C14H19NO3. The third kappa shape index (κ3) is 2.08. The number of fused-ring (bicyclic) bond motifs is 1. The normalized spacial score (nSPS) is 22.2. The molecule has 0 radical (unpaired) electrons. The fourth-order valence-corrected chi connectivity index (χ4v) is 2.74. The summed E-state index contributed by atoms with van der Waals surface area (Å²) < 4.78 is 10.3. The number of esters is 1. The Morgan fingerprint density at radius 2 is 2.17 bits per heavy atom. The lowest BCUT2D eigenvalue weighted by molar-refractivity contribution is -0.143. The van der Waals surface area contributed by atoms with Gasteiger partial charge < -0.3 is 14.8 Å². The fourth-order valence-electron chi connectivity index (χ4n) is 2.74. The molecule has 0 fully saturated rings. The van der Waals surface area contributed by atoms with Crippen LogP contribution in [-0.2, 0) is 16.0 Å². The van der Waals surface area contributed by atoms with Crippen LogP contribution < -0.4 is 10.1 Å². The summed E-state index contributed by atoms with van der Waals surface area (Å²) in [6.45, 7) is 0. The monoisotopic (exact) mass is 249 g/mol. The van der Waals surface area contributed by atoms with E-state index >= 15 is 0 Å². The smallest absolute Gasteiger partial charge is 0.314 e. The maximum atomic E-state index is 12.0. The Labute approximate surface area is 107 Å². The average Bonchev–Trinajstić information content (AvgIpc) is 2.44. The molecule has 0 aliphatic heterocycles. The zero-order valence-electron chi connectivity index (χ0n) is 11.0. The highest BCUT2D eigenvalue weighted by Crippen LogP contribution is 2.38. The Kier molecular flexibility index (Phi) is 3.87. The van der Waals surface area contributed by atoms with Crippen LogP contribution in [0.25, 0.3) is 0 Å². The van der Waals surface area contributed by atoms with Crippen molar-refractivity contribution in [2.75, 3.05) is 21.3 Å². The van der Waals surface area contributed by atoms with Gasteiger partial charge in [-0.05, 0) is 31.5 Å². The molecule has 1 aromatic carbocycles. The lowest BCUT2D eigenvalue weighted by atomic mass is 9.78. The van der Waals surface area contributed by atoms with Gasteiger partial charge in [0.2, 0.25) is 0 Å². The molecule has 0 saturated heterocycles. The second-order valence-electron chi connectivity index (χ2n) is 4.47. The third-order valence-corrected chi connectivity index (χ3v) is 3.64. The van der Waals surface area contributed by atoms with Crippen LogP contribution in [-0.4, -0.2) is 33.3 Å². The van der Waals surface area contributed by atoms with Gasteiger partial charge in [-0.3, -0.25) is 4.79 Å². The topological polar surface area (TPSA) is 47.6 Å². The van der Waals surface area contributed by atoms with Crippen molar-refractivity contribution in [1.29, 1.82) is 0 Å². The number of carbonyl (C=O) groups is 1. The molecule has 0 saturated carbocycles. The average molecular weight is 249 g/mol. The Hall–Kier alpha value is -1.55. The summed E-state index contributed by atoms with van der Waals surface area (Å²) in [6, 6.07) is 6.01. The molecule has 0 heterocycles. The van der Waals surface area contributed by atoms with Crippen LogP contribution in [0.15, 0.2) is 18.2 Å². The maximum absolute atomic E-state index is 12.0. The number of benzene rings is 1. The minimum atomic E-state index is -0.292. The highest BCUT2D eigenvalue weighted by molar-refractivity contribution is 5.81. The summed E-state index contributed by atoms with van der Waals surface area (Å²) in [5.41, 5.74) is 2.15. The molecule has 0 amide bonds. The maximum Gasteiger partial charge on any atom is 0.314 e. The Morgan fingerprint density at radius 3 is 2.78 bits per heavy atom. The SMILES string of the molecule is CNC1CCc2cccc(OC)c2C1C(=O)OC. The molecule has 2 atom stereocenters. The van der Waals surface area contributed by atoms with Crippen molar-refractivity contribution >= 4 is 5.97 Å². The number of hydrogen-bond donors (Lipinski definition) is 1. The molecule has 18 heavy (non-hydrogen) atoms. The van der Waals surface area contributed by atoms with E-state index < -0.39 is 0 Å². The van der Waals surface area contributed by atoms with Gasteiger partial charge in [-0.1, -0.05) is 12.1 Å². The number of ether oxygens (including phenoxy) is 2. The standard InChI is InChI=1S/C14H19NO3/c1-15-10-8-7-9-5-4-6-11(17-2)12(9)13(10)14(16)18-3/h4-6,10,13,15H,7-8H2,1-3H3. The van der Waals surface area contributed by atoms with E-state index in [0.29, 0.717) is 0 Å². The zero-order valence-corrected chi connectivity index (χ0v) is 11.0. The number of nitrogens with one attached hydrogen (secondary N) is 1. The highest BCUT2D eigenvalue weighted by Gasteiger charge is 2.37. The third-order valence-electron chi connectivity index (χ3n) is 3.64. The first-order valence-electron chi connectivity index (χ1n) is 6.13. The number of likely N-dealkylation sites (N-methyl/N-ethyl adjacent to an activating group) is 1. The van der Waals surface area contributed by atoms with Crippen LogP contribution in [0.2, 0.25) is 0 Å². The first-order chi connectivity index (χ1) is 8.72. The summed E-state index contributed by atoms with van der Waals surface area (Å²) in [5, 5.41) is 3.21. The first-order valence-corrected chi connectivity index (χ1v) is 6.13. The lowest BCUT2D eigenvalue weighted by Crippen LogP contribution is -2.40. The molecule has 4 heteroatoms. The van der Waals surface area contributed by atoms with E-state index in [1.165, 1.54) is 12.7 Å². The highest BCUT2D eigenvalue weighted by atomic mass is 16.5. The van der Waals surface area contributed by atoms with Crippen molar-refractivity contribution in [1.82, 2.24) is 5.32 Å². The molecule has 0 bridgehead atoms. The van der Waals surface area contributed by atoms with Crippen molar-refractivity contribution in [2.24, 2.45) is 0 Å². The molecule has 4 nitrogen and oxygen atoms in total. The van der Waals surface area contributed by atoms with Crippen LogP contribution in [0.4, 0.5) is 0 Å². The number of methoxy groups -OCH3 is 2. The van der Waals surface area contributed by atoms with E-state index in [1.807, 2.05) is 19.2 Å².